The third-order valence-corrected chi connectivity index (χ3v) is 4.16. The number of methoxy groups -OCH3 is 2. The van der Waals surface area contributed by atoms with Crippen molar-refractivity contribution in [1.82, 2.24) is 0 Å². The zero-order chi connectivity index (χ0) is 22.1. The summed E-state index contributed by atoms with van der Waals surface area (Å²) in [5.41, 5.74) is 0.968. The standard InChI is InChI=1S/C22H24O8/c1-4-29-22(26)21(20(25)15-8-9-16(24)18(13-15)27-2)30-17-10-7-14(6-5-11-23)12-19(17)28-3/h5-13,20-21,24-25H,4H2,1-3H3/b6-5+/t20-,21+/m1/s1. The van der Waals surface area contributed by atoms with E-state index in [1.807, 2.05) is 0 Å². The van der Waals surface area contributed by atoms with Gasteiger partial charge in [-0.3, -0.25) is 4.79 Å². The van der Waals surface area contributed by atoms with Gasteiger partial charge >= 0.3 is 5.97 Å². The van der Waals surface area contributed by atoms with Crippen molar-refractivity contribution in [2.75, 3.05) is 20.8 Å². The fraction of sp³-hybridized carbons (Fsp3) is 0.273. The molecule has 0 saturated heterocycles. The number of aldehydes is 1. The third-order valence-electron chi connectivity index (χ3n) is 4.16. The Kier molecular flexibility index (Phi) is 8.25. The highest BCUT2D eigenvalue weighted by Gasteiger charge is 2.33. The molecule has 2 aromatic rings. The first kappa shape index (κ1) is 22.8. The van der Waals surface area contributed by atoms with Crippen LogP contribution in [0.15, 0.2) is 42.5 Å². The van der Waals surface area contributed by atoms with Gasteiger partial charge in [0.2, 0.25) is 6.10 Å². The molecule has 2 rings (SSSR count). The van der Waals surface area contributed by atoms with Crippen LogP contribution in [-0.4, -0.2) is 49.4 Å². The zero-order valence-corrected chi connectivity index (χ0v) is 16.9. The summed E-state index contributed by atoms with van der Waals surface area (Å²) >= 11 is 0. The minimum absolute atomic E-state index is 0.0941. The van der Waals surface area contributed by atoms with Crippen molar-refractivity contribution in [2.24, 2.45) is 0 Å². The van der Waals surface area contributed by atoms with Crippen molar-refractivity contribution in [1.29, 1.82) is 0 Å². The summed E-state index contributed by atoms with van der Waals surface area (Å²) in [6.45, 7) is 1.73. The fourth-order valence-electron chi connectivity index (χ4n) is 2.69. The molecule has 0 radical (unpaired) electrons. The Morgan fingerprint density at radius 3 is 2.43 bits per heavy atom. The molecular formula is C22H24O8. The highest BCUT2D eigenvalue weighted by molar-refractivity contribution is 5.77. The molecular weight excluding hydrogens is 392 g/mol. The Balaban J connectivity index is 2.39. The summed E-state index contributed by atoms with van der Waals surface area (Å²) in [7, 11) is 2.80. The summed E-state index contributed by atoms with van der Waals surface area (Å²) < 4.78 is 21.2. The van der Waals surface area contributed by atoms with E-state index in [-0.39, 0.29) is 29.4 Å². The predicted molar refractivity (Wildman–Crippen MR) is 109 cm³/mol. The number of hydrogen-bond donors (Lipinski definition) is 2. The average molecular weight is 416 g/mol. The predicted octanol–water partition coefficient (Wildman–Crippen LogP) is 2.67. The normalized spacial score (nSPS) is 12.8. The molecule has 0 heterocycles. The lowest BCUT2D eigenvalue weighted by Gasteiger charge is -2.24. The Morgan fingerprint density at radius 2 is 1.80 bits per heavy atom. The SMILES string of the molecule is CCOC(=O)[C@@H](Oc1ccc(/C=C/C=O)cc1OC)[C@H](O)c1ccc(O)c(OC)c1. The maximum atomic E-state index is 12.5. The topological polar surface area (TPSA) is 112 Å². The van der Waals surface area contributed by atoms with Crippen LogP contribution in [0.5, 0.6) is 23.0 Å². The molecule has 2 atom stereocenters. The monoisotopic (exact) mass is 416 g/mol. The third kappa shape index (κ3) is 5.51. The van der Waals surface area contributed by atoms with Crippen LogP contribution in [0.3, 0.4) is 0 Å². The number of benzene rings is 2. The average Bonchev–Trinajstić information content (AvgIpc) is 2.76. The van der Waals surface area contributed by atoms with Gasteiger partial charge in [0.15, 0.2) is 23.0 Å². The zero-order valence-electron chi connectivity index (χ0n) is 16.9. The number of aromatic hydroxyl groups is 1. The number of carbonyl (C=O) groups excluding carboxylic acids is 2. The van der Waals surface area contributed by atoms with E-state index < -0.39 is 18.2 Å². The number of hydrogen-bond acceptors (Lipinski definition) is 8. The number of allylic oxidation sites excluding steroid dienone is 1. The molecule has 0 spiro atoms. The molecule has 0 aliphatic rings. The number of rotatable bonds is 10. The highest BCUT2D eigenvalue weighted by Crippen LogP contribution is 2.34. The van der Waals surface area contributed by atoms with Gasteiger partial charge in [0.05, 0.1) is 20.8 Å². The number of ether oxygens (including phenoxy) is 4. The van der Waals surface area contributed by atoms with Crippen molar-refractivity contribution >= 4 is 18.3 Å². The second-order valence-electron chi connectivity index (χ2n) is 6.07. The van der Waals surface area contributed by atoms with Gasteiger partial charge in [0, 0.05) is 0 Å². The lowest BCUT2D eigenvalue weighted by molar-refractivity contribution is -0.157. The molecule has 30 heavy (non-hydrogen) atoms. The molecule has 0 bridgehead atoms. The van der Waals surface area contributed by atoms with Gasteiger partial charge < -0.3 is 29.2 Å². The number of carbonyl (C=O) groups is 2. The Bertz CT molecular complexity index is 906. The van der Waals surface area contributed by atoms with Crippen LogP contribution >= 0.6 is 0 Å². The lowest BCUT2D eigenvalue weighted by Crippen LogP contribution is -2.35. The van der Waals surface area contributed by atoms with Gasteiger partial charge in [0.1, 0.15) is 12.4 Å². The van der Waals surface area contributed by atoms with Gasteiger partial charge in [-0.05, 0) is 48.4 Å². The van der Waals surface area contributed by atoms with Crippen LogP contribution in [0.25, 0.3) is 6.08 Å². The van der Waals surface area contributed by atoms with Crippen LogP contribution in [-0.2, 0) is 14.3 Å². The van der Waals surface area contributed by atoms with Gasteiger partial charge in [-0.15, -0.1) is 0 Å². The Hall–Kier alpha value is -3.52. The van der Waals surface area contributed by atoms with Crippen LogP contribution < -0.4 is 14.2 Å². The van der Waals surface area contributed by atoms with Crippen molar-refractivity contribution in [3.63, 3.8) is 0 Å². The first-order chi connectivity index (χ1) is 14.4. The van der Waals surface area contributed by atoms with E-state index in [1.54, 1.807) is 31.2 Å². The number of phenolic OH excluding ortho intramolecular Hbond substituents is 1. The highest BCUT2D eigenvalue weighted by atomic mass is 16.6. The molecule has 0 amide bonds. The summed E-state index contributed by atoms with van der Waals surface area (Å²) in [6, 6.07) is 9.03. The molecule has 160 valence electrons. The summed E-state index contributed by atoms with van der Waals surface area (Å²) in [5, 5.41) is 20.6. The second kappa shape index (κ2) is 10.9. The Morgan fingerprint density at radius 1 is 1.07 bits per heavy atom. The maximum Gasteiger partial charge on any atom is 0.350 e. The number of phenols is 1. The molecule has 2 N–H and O–H groups in total. The van der Waals surface area contributed by atoms with Crippen molar-refractivity contribution in [3.8, 4) is 23.0 Å². The van der Waals surface area contributed by atoms with Crippen LogP contribution in [0, 0.1) is 0 Å². The van der Waals surface area contributed by atoms with E-state index in [2.05, 4.69) is 0 Å². The molecule has 0 fully saturated rings. The first-order valence-corrected chi connectivity index (χ1v) is 9.13. The van der Waals surface area contributed by atoms with Crippen LogP contribution in [0.2, 0.25) is 0 Å². The number of aliphatic hydroxyl groups excluding tert-OH is 1. The molecule has 0 unspecified atom stereocenters. The maximum absolute atomic E-state index is 12.5. The summed E-state index contributed by atoms with van der Waals surface area (Å²) in [6.07, 6.45) is 0.733. The molecule has 8 heteroatoms. The van der Waals surface area contributed by atoms with E-state index in [9.17, 15) is 19.8 Å². The van der Waals surface area contributed by atoms with Gasteiger partial charge in [-0.1, -0.05) is 18.2 Å². The van der Waals surface area contributed by atoms with Crippen molar-refractivity contribution < 1.29 is 38.7 Å². The van der Waals surface area contributed by atoms with Gasteiger partial charge in [-0.2, -0.15) is 0 Å². The van der Waals surface area contributed by atoms with E-state index >= 15 is 0 Å². The largest absolute Gasteiger partial charge is 0.504 e. The van der Waals surface area contributed by atoms with E-state index in [4.69, 9.17) is 18.9 Å². The van der Waals surface area contributed by atoms with Gasteiger partial charge in [0.25, 0.3) is 0 Å². The second-order valence-corrected chi connectivity index (χ2v) is 6.07. The smallest absolute Gasteiger partial charge is 0.350 e. The van der Waals surface area contributed by atoms with Crippen LogP contribution in [0.4, 0.5) is 0 Å². The molecule has 0 saturated carbocycles. The fourth-order valence-corrected chi connectivity index (χ4v) is 2.69. The molecule has 2 aromatic carbocycles. The molecule has 0 aromatic heterocycles. The number of esters is 1. The minimum atomic E-state index is -1.42. The minimum Gasteiger partial charge on any atom is -0.504 e. The van der Waals surface area contributed by atoms with E-state index in [1.165, 1.54) is 38.5 Å². The number of aliphatic hydroxyl groups is 1. The van der Waals surface area contributed by atoms with E-state index in [0.29, 0.717) is 17.6 Å². The molecule has 0 aliphatic heterocycles. The Labute approximate surface area is 174 Å². The summed E-state index contributed by atoms with van der Waals surface area (Å²) in [4.78, 5) is 23.0. The van der Waals surface area contributed by atoms with Crippen LogP contribution in [0.1, 0.15) is 24.2 Å². The summed E-state index contributed by atoms with van der Waals surface area (Å²) in [5.74, 6) is -0.249. The molecule has 0 aliphatic carbocycles. The van der Waals surface area contributed by atoms with E-state index in [0.717, 1.165) is 0 Å². The molecule has 8 nitrogen and oxygen atoms in total. The van der Waals surface area contributed by atoms with Crippen molar-refractivity contribution in [3.05, 3.63) is 53.6 Å². The van der Waals surface area contributed by atoms with Crippen molar-refractivity contribution in [2.45, 2.75) is 19.1 Å². The lowest BCUT2D eigenvalue weighted by atomic mass is 10.0. The van der Waals surface area contributed by atoms with Gasteiger partial charge in [-0.25, -0.2) is 4.79 Å². The quantitative estimate of drug-likeness (QED) is 0.345. The first-order valence-electron chi connectivity index (χ1n) is 9.13.